The molecule has 0 aliphatic carbocycles. The molecule has 0 aliphatic heterocycles. The van der Waals surface area contributed by atoms with Crippen LogP contribution in [0.3, 0.4) is 0 Å². The van der Waals surface area contributed by atoms with E-state index in [1.807, 2.05) is 0 Å². The molecule has 2 heterocycles. The molecule has 1 N–H and O–H groups in total. The third-order valence-electron chi connectivity index (χ3n) is 2.77. The molecule has 1 amide bonds. The highest BCUT2D eigenvalue weighted by molar-refractivity contribution is 7.13. The minimum absolute atomic E-state index is 0.249. The van der Waals surface area contributed by atoms with E-state index in [0.29, 0.717) is 22.3 Å². The van der Waals surface area contributed by atoms with Gasteiger partial charge in [0, 0.05) is 12.6 Å². The maximum atomic E-state index is 12.0. The molecule has 1 aromatic carbocycles. The first-order chi connectivity index (χ1) is 10.7. The Morgan fingerprint density at radius 1 is 1.32 bits per heavy atom. The zero-order valence-corrected chi connectivity index (χ0v) is 12.3. The first-order valence-corrected chi connectivity index (χ1v) is 7.12. The summed E-state index contributed by atoms with van der Waals surface area (Å²) in [6.07, 6.45) is 0. The van der Waals surface area contributed by atoms with Gasteiger partial charge in [-0.25, -0.2) is 4.68 Å². The number of aryl methyl sites for hydroxylation is 1. The molecule has 0 saturated carbocycles. The number of nitrogens with one attached hydrogen (secondary N) is 1. The van der Waals surface area contributed by atoms with Crippen molar-refractivity contribution in [2.45, 2.75) is 6.61 Å². The fourth-order valence-electron chi connectivity index (χ4n) is 1.62. The lowest BCUT2D eigenvalue weighted by molar-refractivity contribution is 0.102. The van der Waals surface area contributed by atoms with E-state index in [-0.39, 0.29) is 12.5 Å². The van der Waals surface area contributed by atoms with Crippen molar-refractivity contribution in [3.63, 3.8) is 0 Å². The van der Waals surface area contributed by atoms with Crippen molar-refractivity contribution in [3.05, 3.63) is 41.2 Å². The van der Waals surface area contributed by atoms with Crippen molar-refractivity contribution in [2.75, 3.05) is 5.32 Å². The molecule has 0 radical (unpaired) electrons. The van der Waals surface area contributed by atoms with Crippen molar-refractivity contribution in [1.82, 2.24) is 30.4 Å². The molecular formula is C12H11N7O2S. The van der Waals surface area contributed by atoms with E-state index in [9.17, 15) is 4.79 Å². The number of aromatic nitrogens is 6. The first kappa shape index (κ1) is 14.1. The van der Waals surface area contributed by atoms with E-state index >= 15 is 0 Å². The summed E-state index contributed by atoms with van der Waals surface area (Å²) in [6.45, 7) is 0.250. The zero-order chi connectivity index (χ0) is 15.4. The number of hydrogen-bond acceptors (Lipinski definition) is 8. The minimum atomic E-state index is -0.249. The van der Waals surface area contributed by atoms with E-state index in [1.54, 1.807) is 36.8 Å². The van der Waals surface area contributed by atoms with Gasteiger partial charge in [0.15, 0.2) is 5.82 Å². The fourth-order valence-corrected chi connectivity index (χ4v) is 2.06. The number of hydrogen-bond donors (Lipinski definition) is 1. The van der Waals surface area contributed by atoms with Crippen LogP contribution in [0.2, 0.25) is 0 Å². The van der Waals surface area contributed by atoms with E-state index in [4.69, 9.17) is 4.74 Å². The van der Waals surface area contributed by atoms with E-state index < -0.39 is 0 Å². The lowest BCUT2D eigenvalue weighted by Crippen LogP contribution is -2.11. The first-order valence-electron chi connectivity index (χ1n) is 6.24. The van der Waals surface area contributed by atoms with Crippen molar-refractivity contribution < 1.29 is 9.53 Å². The third-order valence-corrected chi connectivity index (χ3v) is 3.38. The summed E-state index contributed by atoms with van der Waals surface area (Å²) in [6, 6.07) is 6.75. The second-order valence-electron chi connectivity index (χ2n) is 4.23. The molecule has 2 aromatic heterocycles. The van der Waals surface area contributed by atoms with Crippen LogP contribution in [0.1, 0.15) is 16.2 Å². The monoisotopic (exact) mass is 317 g/mol. The van der Waals surface area contributed by atoms with Crippen LogP contribution in [-0.4, -0.2) is 36.3 Å². The molecule has 9 nitrogen and oxygen atoms in total. The Morgan fingerprint density at radius 3 is 2.77 bits per heavy atom. The van der Waals surface area contributed by atoms with Gasteiger partial charge < -0.3 is 4.74 Å². The number of ether oxygens (including phenoxy) is 1. The van der Waals surface area contributed by atoms with Gasteiger partial charge in [0.05, 0.1) is 0 Å². The Balaban J connectivity index is 1.60. The van der Waals surface area contributed by atoms with Gasteiger partial charge in [-0.3, -0.25) is 10.1 Å². The molecule has 0 saturated heterocycles. The minimum Gasteiger partial charge on any atom is -0.486 e. The number of tetrazole rings is 1. The molecule has 0 bridgehead atoms. The average Bonchev–Trinajstić information content (AvgIpc) is 3.17. The van der Waals surface area contributed by atoms with Crippen LogP contribution in [0.25, 0.3) is 0 Å². The van der Waals surface area contributed by atoms with Crippen LogP contribution in [0.15, 0.2) is 29.8 Å². The Labute approximate surface area is 128 Å². The van der Waals surface area contributed by atoms with Crippen LogP contribution in [0.4, 0.5) is 5.13 Å². The SMILES string of the molecule is Cn1nnnc1COc1ccc(C(=O)Nc2nncs2)cc1. The molecule has 0 aliphatic rings. The summed E-state index contributed by atoms with van der Waals surface area (Å²) >= 11 is 1.26. The van der Waals surface area contributed by atoms with Crippen LogP contribution in [-0.2, 0) is 13.7 Å². The quantitative estimate of drug-likeness (QED) is 0.744. The summed E-state index contributed by atoms with van der Waals surface area (Å²) in [5, 5.41) is 21.6. The molecule has 0 unspecified atom stereocenters. The normalized spacial score (nSPS) is 10.4. The lowest BCUT2D eigenvalue weighted by atomic mass is 10.2. The topological polar surface area (TPSA) is 108 Å². The summed E-state index contributed by atoms with van der Waals surface area (Å²) in [5.74, 6) is 0.981. The van der Waals surface area contributed by atoms with Crippen molar-refractivity contribution in [1.29, 1.82) is 0 Å². The zero-order valence-electron chi connectivity index (χ0n) is 11.5. The fraction of sp³-hybridized carbons (Fsp3) is 0.167. The highest BCUT2D eigenvalue weighted by Crippen LogP contribution is 2.15. The van der Waals surface area contributed by atoms with Gasteiger partial charge in [-0.15, -0.1) is 15.3 Å². The van der Waals surface area contributed by atoms with Crippen LogP contribution >= 0.6 is 11.3 Å². The van der Waals surface area contributed by atoms with Crippen molar-refractivity contribution in [2.24, 2.45) is 7.05 Å². The summed E-state index contributed by atoms with van der Waals surface area (Å²) in [5.41, 5.74) is 2.05. The number of nitrogens with zero attached hydrogens (tertiary/aromatic N) is 6. The maximum Gasteiger partial charge on any atom is 0.257 e. The predicted molar refractivity (Wildman–Crippen MR) is 77.4 cm³/mol. The summed E-state index contributed by atoms with van der Waals surface area (Å²) in [4.78, 5) is 12.0. The van der Waals surface area contributed by atoms with Crippen molar-refractivity contribution in [3.8, 4) is 5.75 Å². The number of carbonyl (C=O) groups excluding carboxylic acids is 1. The Morgan fingerprint density at radius 2 is 2.14 bits per heavy atom. The molecule has 112 valence electrons. The third kappa shape index (κ3) is 3.23. The molecule has 0 fully saturated rings. The van der Waals surface area contributed by atoms with Gasteiger partial charge in [-0.2, -0.15) is 0 Å². The molecule has 3 aromatic rings. The summed E-state index contributed by atoms with van der Waals surface area (Å²) in [7, 11) is 1.74. The van der Waals surface area contributed by atoms with Gasteiger partial charge in [-0.1, -0.05) is 11.3 Å². The van der Waals surface area contributed by atoms with Crippen LogP contribution in [0.5, 0.6) is 5.75 Å². The summed E-state index contributed by atoms with van der Waals surface area (Å²) < 4.78 is 7.09. The number of rotatable bonds is 5. The highest BCUT2D eigenvalue weighted by atomic mass is 32.1. The second-order valence-corrected chi connectivity index (χ2v) is 5.06. The molecular weight excluding hydrogens is 306 g/mol. The number of benzene rings is 1. The van der Waals surface area contributed by atoms with Gasteiger partial charge in [0.1, 0.15) is 17.9 Å². The highest BCUT2D eigenvalue weighted by Gasteiger charge is 2.08. The van der Waals surface area contributed by atoms with E-state index in [2.05, 4.69) is 31.0 Å². The standard InChI is InChI=1S/C12H11N7O2S/c1-19-10(15-17-18-19)6-21-9-4-2-8(3-5-9)11(20)14-12-16-13-7-22-12/h2-5,7H,6H2,1H3,(H,14,16,20). The molecule has 0 atom stereocenters. The lowest BCUT2D eigenvalue weighted by Gasteiger charge is -2.06. The van der Waals surface area contributed by atoms with Crippen molar-refractivity contribution >= 4 is 22.4 Å². The van der Waals surface area contributed by atoms with E-state index in [1.165, 1.54) is 16.0 Å². The average molecular weight is 317 g/mol. The van der Waals surface area contributed by atoms with E-state index in [0.717, 1.165) is 0 Å². The largest absolute Gasteiger partial charge is 0.486 e. The van der Waals surface area contributed by atoms with Crippen LogP contribution in [0, 0.1) is 0 Å². The van der Waals surface area contributed by atoms with Crippen LogP contribution < -0.4 is 10.1 Å². The molecule has 10 heteroatoms. The van der Waals surface area contributed by atoms with Gasteiger partial charge >= 0.3 is 0 Å². The molecule has 0 spiro atoms. The van der Waals surface area contributed by atoms with Gasteiger partial charge in [0.25, 0.3) is 5.91 Å². The van der Waals surface area contributed by atoms with Gasteiger partial charge in [-0.05, 0) is 34.7 Å². The number of carbonyl (C=O) groups is 1. The predicted octanol–water partition coefficient (Wildman–Crippen LogP) is 0.893. The Hall–Kier alpha value is -2.88. The Kier molecular flexibility index (Phi) is 4.01. The smallest absolute Gasteiger partial charge is 0.257 e. The number of amides is 1. The second kappa shape index (κ2) is 6.26. The van der Waals surface area contributed by atoms with Gasteiger partial charge in [0.2, 0.25) is 5.13 Å². The molecule has 22 heavy (non-hydrogen) atoms. The Bertz CT molecular complexity index is 754. The maximum absolute atomic E-state index is 12.0. The molecule has 3 rings (SSSR count). The number of anilines is 1.